The molecule has 2 aliphatic rings. The van der Waals surface area contributed by atoms with Crippen LogP contribution in [0.15, 0.2) is 0 Å². The van der Waals surface area contributed by atoms with E-state index in [2.05, 4.69) is 20.1 Å². The van der Waals surface area contributed by atoms with Crippen molar-refractivity contribution in [3.05, 3.63) is 11.6 Å². The van der Waals surface area contributed by atoms with Crippen molar-refractivity contribution in [3.8, 4) is 0 Å². The lowest BCUT2D eigenvalue weighted by Gasteiger charge is -2.20. The van der Waals surface area contributed by atoms with Crippen molar-refractivity contribution in [3.63, 3.8) is 0 Å². The van der Waals surface area contributed by atoms with Crippen LogP contribution in [0.1, 0.15) is 24.5 Å². The number of aliphatic hydroxyl groups is 1. The third kappa shape index (κ3) is 1.85. The molecule has 1 aromatic heterocycles. The number of fused-ring (bicyclic) bond motifs is 1. The fourth-order valence-electron chi connectivity index (χ4n) is 2.67. The lowest BCUT2D eigenvalue weighted by molar-refractivity contribution is 0.141. The first-order valence-electron chi connectivity index (χ1n) is 6.12. The maximum Gasteiger partial charge on any atom is 0.135 e. The van der Waals surface area contributed by atoms with Crippen molar-refractivity contribution in [1.82, 2.24) is 20.1 Å². The van der Waals surface area contributed by atoms with Gasteiger partial charge in [0.1, 0.15) is 11.6 Å². The summed E-state index contributed by atoms with van der Waals surface area (Å²) in [6, 6.07) is 0. The molecule has 0 aliphatic carbocycles. The van der Waals surface area contributed by atoms with Crippen molar-refractivity contribution in [2.24, 2.45) is 5.92 Å². The van der Waals surface area contributed by atoms with Crippen molar-refractivity contribution in [2.75, 3.05) is 13.1 Å². The molecule has 16 heavy (non-hydrogen) atoms. The average molecular weight is 222 g/mol. The summed E-state index contributed by atoms with van der Waals surface area (Å²) in [5, 5.41) is 21.4. The molecule has 88 valence electrons. The van der Waals surface area contributed by atoms with E-state index in [4.69, 9.17) is 0 Å². The van der Waals surface area contributed by atoms with Gasteiger partial charge in [0.25, 0.3) is 0 Å². The lowest BCUT2D eigenvalue weighted by atomic mass is 10.0. The van der Waals surface area contributed by atoms with E-state index >= 15 is 0 Å². The van der Waals surface area contributed by atoms with E-state index in [0.717, 1.165) is 44.1 Å². The summed E-state index contributed by atoms with van der Waals surface area (Å²) < 4.78 is 2.20. The molecule has 2 unspecified atom stereocenters. The summed E-state index contributed by atoms with van der Waals surface area (Å²) in [7, 11) is 0. The minimum absolute atomic E-state index is 0.224. The highest BCUT2D eigenvalue weighted by Gasteiger charge is 2.24. The van der Waals surface area contributed by atoms with Crippen molar-refractivity contribution < 1.29 is 5.11 Å². The van der Waals surface area contributed by atoms with Crippen LogP contribution in [0.4, 0.5) is 0 Å². The Labute approximate surface area is 94.9 Å². The monoisotopic (exact) mass is 222 g/mol. The lowest BCUT2D eigenvalue weighted by Crippen LogP contribution is -2.25. The highest BCUT2D eigenvalue weighted by Crippen LogP contribution is 2.19. The zero-order valence-electron chi connectivity index (χ0n) is 9.39. The van der Waals surface area contributed by atoms with Gasteiger partial charge in [0.2, 0.25) is 0 Å². The van der Waals surface area contributed by atoms with E-state index in [0.29, 0.717) is 12.3 Å². The van der Waals surface area contributed by atoms with Gasteiger partial charge in [0.15, 0.2) is 0 Å². The summed E-state index contributed by atoms with van der Waals surface area (Å²) in [5.41, 5.74) is 0. The van der Waals surface area contributed by atoms with Crippen LogP contribution >= 0.6 is 0 Å². The number of nitrogens with zero attached hydrogens (tertiary/aromatic N) is 3. The Hall–Kier alpha value is -0.940. The van der Waals surface area contributed by atoms with Crippen LogP contribution in [0.25, 0.3) is 0 Å². The van der Waals surface area contributed by atoms with Crippen molar-refractivity contribution in [2.45, 2.75) is 38.3 Å². The molecule has 3 rings (SSSR count). The zero-order valence-corrected chi connectivity index (χ0v) is 9.39. The molecule has 0 bridgehead atoms. The van der Waals surface area contributed by atoms with E-state index < -0.39 is 0 Å². The Balaban J connectivity index is 1.75. The molecule has 0 spiro atoms. The molecule has 0 saturated carbocycles. The SMILES string of the molecule is OC1CCn2c(nnc2CC2CCNC2)C1. The number of nitrogens with one attached hydrogen (secondary N) is 1. The quantitative estimate of drug-likeness (QED) is 0.723. The summed E-state index contributed by atoms with van der Waals surface area (Å²) in [6.07, 6.45) is 3.54. The Morgan fingerprint density at radius 2 is 2.31 bits per heavy atom. The Morgan fingerprint density at radius 1 is 1.38 bits per heavy atom. The molecule has 5 heteroatoms. The topological polar surface area (TPSA) is 63.0 Å². The standard InChI is InChI=1S/C11H18N4O/c16-9-2-4-15-10(13-14-11(15)6-9)5-8-1-3-12-7-8/h8-9,12,16H,1-7H2. The van der Waals surface area contributed by atoms with Crippen LogP contribution in [0.2, 0.25) is 0 Å². The summed E-state index contributed by atoms with van der Waals surface area (Å²) in [5.74, 6) is 2.77. The van der Waals surface area contributed by atoms with E-state index in [9.17, 15) is 5.11 Å². The molecule has 1 saturated heterocycles. The largest absolute Gasteiger partial charge is 0.393 e. The smallest absolute Gasteiger partial charge is 0.135 e. The van der Waals surface area contributed by atoms with Crippen molar-refractivity contribution in [1.29, 1.82) is 0 Å². The van der Waals surface area contributed by atoms with Gasteiger partial charge in [0.05, 0.1) is 6.10 Å². The molecule has 3 heterocycles. The van der Waals surface area contributed by atoms with E-state index in [-0.39, 0.29) is 6.10 Å². The maximum absolute atomic E-state index is 9.56. The Morgan fingerprint density at radius 3 is 3.12 bits per heavy atom. The van der Waals surface area contributed by atoms with Gasteiger partial charge in [-0.1, -0.05) is 0 Å². The Bertz CT molecular complexity index is 370. The molecule has 2 aliphatic heterocycles. The van der Waals surface area contributed by atoms with Gasteiger partial charge >= 0.3 is 0 Å². The molecule has 1 fully saturated rings. The minimum Gasteiger partial charge on any atom is -0.393 e. The van der Waals surface area contributed by atoms with Gasteiger partial charge in [-0.3, -0.25) is 0 Å². The summed E-state index contributed by atoms with van der Waals surface area (Å²) in [4.78, 5) is 0. The highest BCUT2D eigenvalue weighted by atomic mass is 16.3. The molecular formula is C11H18N4O. The second-order valence-corrected chi connectivity index (χ2v) is 4.89. The zero-order chi connectivity index (χ0) is 11.0. The minimum atomic E-state index is -0.224. The number of rotatable bonds is 2. The molecule has 2 atom stereocenters. The third-order valence-corrected chi connectivity index (χ3v) is 3.64. The molecule has 0 radical (unpaired) electrons. The van der Waals surface area contributed by atoms with Gasteiger partial charge in [0, 0.05) is 19.4 Å². The molecular weight excluding hydrogens is 204 g/mol. The molecule has 0 amide bonds. The third-order valence-electron chi connectivity index (χ3n) is 3.64. The van der Waals surface area contributed by atoms with E-state index in [1.54, 1.807) is 0 Å². The van der Waals surface area contributed by atoms with Gasteiger partial charge in [-0.15, -0.1) is 10.2 Å². The van der Waals surface area contributed by atoms with Crippen LogP contribution in [-0.2, 0) is 19.4 Å². The van der Waals surface area contributed by atoms with Crippen LogP contribution in [-0.4, -0.2) is 39.1 Å². The van der Waals surface area contributed by atoms with Gasteiger partial charge in [-0.25, -0.2) is 0 Å². The first kappa shape index (κ1) is 10.2. The van der Waals surface area contributed by atoms with Gasteiger partial charge in [-0.05, 0) is 31.8 Å². The first-order chi connectivity index (χ1) is 7.83. The summed E-state index contributed by atoms with van der Waals surface area (Å²) in [6.45, 7) is 3.11. The summed E-state index contributed by atoms with van der Waals surface area (Å²) >= 11 is 0. The van der Waals surface area contributed by atoms with E-state index in [1.165, 1.54) is 6.42 Å². The average Bonchev–Trinajstić information content (AvgIpc) is 2.89. The van der Waals surface area contributed by atoms with Crippen LogP contribution < -0.4 is 5.32 Å². The van der Waals surface area contributed by atoms with Crippen LogP contribution in [0.3, 0.4) is 0 Å². The molecule has 2 N–H and O–H groups in total. The fourth-order valence-corrected chi connectivity index (χ4v) is 2.67. The molecule has 5 nitrogen and oxygen atoms in total. The molecule has 0 aromatic carbocycles. The Kier molecular flexibility index (Phi) is 2.65. The predicted molar refractivity (Wildman–Crippen MR) is 59.0 cm³/mol. The van der Waals surface area contributed by atoms with Crippen LogP contribution in [0.5, 0.6) is 0 Å². The first-order valence-corrected chi connectivity index (χ1v) is 6.12. The van der Waals surface area contributed by atoms with E-state index in [1.807, 2.05) is 0 Å². The number of hydrogen-bond acceptors (Lipinski definition) is 4. The molecule has 1 aromatic rings. The van der Waals surface area contributed by atoms with Crippen LogP contribution in [0, 0.1) is 5.92 Å². The number of aromatic nitrogens is 3. The second kappa shape index (κ2) is 4.14. The number of hydrogen-bond donors (Lipinski definition) is 2. The second-order valence-electron chi connectivity index (χ2n) is 4.89. The maximum atomic E-state index is 9.56. The van der Waals surface area contributed by atoms with Gasteiger partial charge < -0.3 is 15.0 Å². The van der Waals surface area contributed by atoms with Gasteiger partial charge in [-0.2, -0.15) is 0 Å². The number of aliphatic hydroxyl groups excluding tert-OH is 1. The normalized spacial score (nSPS) is 29.3. The van der Waals surface area contributed by atoms with Crippen molar-refractivity contribution >= 4 is 0 Å². The highest BCUT2D eigenvalue weighted by molar-refractivity contribution is 5.02. The predicted octanol–water partition coefficient (Wildman–Crippen LogP) is -0.263. The fraction of sp³-hybridized carbons (Fsp3) is 0.818.